The van der Waals surface area contributed by atoms with Gasteiger partial charge >= 0.3 is 0 Å². The number of carbonyl (C=O) groups is 1. The van der Waals surface area contributed by atoms with Gasteiger partial charge < -0.3 is 0 Å². The smallest absolute Gasteiger partial charge is 0.265 e. The molecule has 0 bridgehead atoms. The zero-order valence-electron chi connectivity index (χ0n) is 10.3. The number of sulfonamides is 1. The number of aryl methyl sites for hydroxylation is 1. The van der Waals surface area contributed by atoms with Gasteiger partial charge in [-0.2, -0.15) is 0 Å². The van der Waals surface area contributed by atoms with Gasteiger partial charge in [-0.3, -0.25) is 4.79 Å². The van der Waals surface area contributed by atoms with Crippen molar-refractivity contribution in [3.05, 3.63) is 65.7 Å². The summed E-state index contributed by atoms with van der Waals surface area (Å²) < 4.78 is 26.1. The lowest BCUT2D eigenvalue weighted by atomic mass is 10.1. The van der Waals surface area contributed by atoms with Crippen molar-refractivity contribution >= 4 is 15.9 Å². The van der Waals surface area contributed by atoms with E-state index in [0.29, 0.717) is 5.56 Å². The Morgan fingerprint density at radius 3 is 2.16 bits per heavy atom. The quantitative estimate of drug-likeness (QED) is 0.933. The molecule has 0 fully saturated rings. The number of nitrogens with one attached hydrogen (secondary N) is 1. The van der Waals surface area contributed by atoms with E-state index in [-0.39, 0.29) is 4.90 Å². The maximum absolute atomic E-state index is 12.0. The van der Waals surface area contributed by atoms with Gasteiger partial charge in [0.15, 0.2) is 0 Å². The summed E-state index contributed by atoms with van der Waals surface area (Å²) in [6.45, 7) is 1.75. The van der Waals surface area contributed by atoms with Crippen LogP contribution in [-0.2, 0) is 10.0 Å². The molecule has 0 saturated heterocycles. The van der Waals surface area contributed by atoms with E-state index >= 15 is 0 Å². The fraction of sp³-hybridized carbons (Fsp3) is 0.0714. The third-order valence-electron chi connectivity index (χ3n) is 2.67. The number of benzene rings is 2. The highest BCUT2D eigenvalue weighted by Gasteiger charge is 2.18. The van der Waals surface area contributed by atoms with E-state index < -0.39 is 15.9 Å². The summed E-state index contributed by atoms with van der Waals surface area (Å²) in [5, 5.41) is 0. The lowest BCUT2D eigenvalue weighted by Gasteiger charge is -2.08. The largest absolute Gasteiger partial charge is 0.268 e. The molecular weight excluding hydrogens is 262 g/mol. The number of rotatable bonds is 3. The minimum atomic E-state index is -3.82. The van der Waals surface area contributed by atoms with E-state index in [1.54, 1.807) is 49.4 Å². The molecule has 0 saturated carbocycles. The molecule has 0 heterocycles. The maximum Gasteiger partial charge on any atom is 0.265 e. The Balaban J connectivity index is 2.27. The average molecular weight is 275 g/mol. The third kappa shape index (κ3) is 3.00. The van der Waals surface area contributed by atoms with Gasteiger partial charge in [0, 0.05) is 5.56 Å². The Labute approximate surface area is 112 Å². The van der Waals surface area contributed by atoms with Crippen molar-refractivity contribution < 1.29 is 13.2 Å². The van der Waals surface area contributed by atoms with Crippen LogP contribution in [0.1, 0.15) is 15.9 Å². The van der Waals surface area contributed by atoms with Crippen molar-refractivity contribution in [2.45, 2.75) is 11.8 Å². The average Bonchev–Trinajstić information content (AvgIpc) is 2.39. The van der Waals surface area contributed by atoms with Gasteiger partial charge in [-0.15, -0.1) is 0 Å². The highest BCUT2D eigenvalue weighted by atomic mass is 32.2. The van der Waals surface area contributed by atoms with Gasteiger partial charge in [-0.25, -0.2) is 13.1 Å². The van der Waals surface area contributed by atoms with Crippen LogP contribution in [0, 0.1) is 6.92 Å². The molecule has 0 aliphatic rings. The molecule has 5 heteroatoms. The Hall–Kier alpha value is -2.14. The number of hydrogen-bond donors (Lipinski definition) is 1. The zero-order chi connectivity index (χ0) is 13.9. The highest BCUT2D eigenvalue weighted by molar-refractivity contribution is 7.90. The minimum Gasteiger partial charge on any atom is -0.268 e. The molecule has 0 spiro atoms. The topological polar surface area (TPSA) is 63.2 Å². The minimum absolute atomic E-state index is 0.0666. The number of carbonyl (C=O) groups excluding carboxylic acids is 1. The van der Waals surface area contributed by atoms with E-state index in [9.17, 15) is 13.2 Å². The molecule has 98 valence electrons. The molecule has 0 aliphatic carbocycles. The fourth-order valence-electron chi connectivity index (χ4n) is 1.66. The Morgan fingerprint density at radius 2 is 1.53 bits per heavy atom. The Morgan fingerprint density at radius 1 is 0.947 bits per heavy atom. The van der Waals surface area contributed by atoms with Crippen molar-refractivity contribution in [1.29, 1.82) is 0 Å². The van der Waals surface area contributed by atoms with Gasteiger partial charge in [0.25, 0.3) is 15.9 Å². The predicted molar refractivity (Wildman–Crippen MR) is 72.3 cm³/mol. The van der Waals surface area contributed by atoms with Crippen LogP contribution in [0.4, 0.5) is 0 Å². The molecule has 4 nitrogen and oxygen atoms in total. The zero-order valence-corrected chi connectivity index (χ0v) is 11.1. The molecular formula is C14H13NO3S. The molecule has 2 rings (SSSR count). The summed E-state index contributed by atoms with van der Waals surface area (Å²) >= 11 is 0. The van der Waals surface area contributed by atoms with Crippen LogP contribution in [0.5, 0.6) is 0 Å². The first kappa shape index (κ1) is 13.3. The third-order valence-corrected chi connectivity index (χ3v) is 4.02. The van der Waals surface area contributed by atoms with Crippen molar-refractivity contribution in [1.82, 2.24) is 4.72 Å². The van der Waals surface area contributed by atoms with Gasteiger partial charge in [-0.05, 0) is 30.7 Å². The van der Waals surface area contributed by atoms with Crippen molar-refractivity contribution in [3.63, 3.8) is 0 Å². The van der Waals surface area contributed by atoms with E-state index in [1.807, 2.05) is 0 Å². The van der Waals surface area contributed by atoms with Crippen LogP contribution < -0.4 is 4.72 Å². The highest BCUT2D eigenvalue weighted by Crippen LogP contribution is 2.11. The summed E-state index contributed by atoms with van der Waals surface area (Å²) in [4.78, 5) is 12.0. The summed E-state index contributed by atoms with van der Waals surface area (Å²) in [6.07, 6.45) is 0. The second-order valence-electron chi connectivity index (χ2n) is 4.06. The normalized spacial score (nSPS) is 11.0. The Kier molecular flexibility index (Phi) is 3.66. The first-order valence-electron chi connectivity index (χ1n) is 5.68. The molecule has 1 N–H and O–H groups in total. The molecule has 0 aliphatic heterocycles. The molecule has 0 unspecified atom stereocenters. The van der Waals surface area contributed by atoms with Crippen LogP contribution >= 0.6 is 0 Å². The first-order valence-corrected chi connectivity index (χ1v) is 7.17. The summed E-state index contributed by atoms with van der Waals surface area (Å²) in [5.74, 6) is -0.623. The van der Waals surface area contributed by atoms with E-state index in [0.717, 1.165) is 5.56 Å². The lowest BCUT2D eigenvalue weighted by molar-refractivity contribution is 0.0981. The molecule has 0 atom stereocenters. The monoisotopic (exact) mass is 275 g/mol. The van der Waals surface area contributed by atoms with Crippen LogP contribution in [-0.4, -0.2) is 14.3 Å². The molecule has 0 radical (unpaired) electrons. The number of hydrogen-bond acceptors (Lipinski definition) is 3. The van der Waals surface area contributed by atoms with Gasteiger partial charge in [0.05, 0.1) is 4.90 Å². The first-order chi connectivity index (χ1) is 9.00. The summed E-state index contributed by atoms with van der Waals surface area (Å²) in [7, 11) is -3.82. The molecule has 19 heavy (non-hydrogen) atoms. The molecule has 1 amide bonds. The van der Waals surface area contributed by atoms with E-state index in [1.165, 1.54) is 12.1 Å². The maximum atomic E-state index is 12.0. The number of amides is 1. The van der Waals surface area contributed by atoms with Crippen molar-refractivity contribution in [2.75, 3.05) is 0 Å². The summed E-state index contributed by atoms with van der Waals surface area (Å²) in [6, 6.07) is 14.6. The molecule has 0 aromatic heterocycles. The van der Waals surface area contributed by atoms with Gasteiger partial charge in [0.2, 0.25) is 0 Å². The fourth-order valence-corrected chi connectivity index (χ4v) is 2.65. The summed E-state index contributed by atoms with van der Waals surface area (Å²) in [5.41, 5.74) is 1.07. The van der Waals surface area contributed by atoms with Crippen molar-refractivity contribution in [2.24, 2.45) is 0 Å². The SMILES string of the molecule is Cc1ccccc1C(=O)NS(=O)(=O)c1ccccc1. The van der Waals surface area contributed by atoms with E-state index in [2.05, 4.69) is 4.72 Å². The van der Waals surface area contributed by atoms with Crippen LogP contribution in [0.3, 0.4) is 0 Å². The van der Waals surface area contributed by atoms with Gasteiger partial charge in [0.1, 0.15) is 0 Å². The van der Waals surface area contributed by atoms with Crippen LogP contribution in [0.15, 0.2) is 59.5 Å². The standard InChI is InChI=1S/C14H13NO3S/c1-11-7-5-6-10-13(11)14(16)15-19(17,18)12-8-3-2-4-9-12/h2-10H,1H3,(H,15,16). The van der Waals surface area contributed by atoms with Crippen LogP contribution in [0.25, 0.3) is 0 Å². The second-order valence-corrected chi connectivity index (χ2v) is 5.74. The molecule has 2 aromatic carbocycles. The van der Waals surface area contributed by atoms with E-state index in [4.69, 9.17) is 0 Å². The molecule has 2 aromatic rings. The van der Waals surface area contributed by atoms with Gasteiger partial charge in [-0.1, -0.05) is 36.4 Å². The predicted octanol–water partition coefficient (Wildman–Crippen LogP) is 2.11. The lowest BCUT2D eigenvalue weighted by Crippen LogP contribution is -2.31. The Bertz CT molecular complexity index is 694. The second kappa shape index (κ2) is 5.24. The van der Waals surface area contributed by atoms with Crippen LogP contribution in [0.2, 0.25) is 0 Å². The van der Waals surface area contributed by atoms with Crippen molar-refractivity contribution in [3.8, 4) is 0 Å².